The number of amidine groups is 1. The number of nitrogens with zero attached hydrogens (tertiary/aromatic N) is 2. The van der Waals surface area contributed by atoms with Crippen molar-refractivity contribution in [3.8, 4) is 0 Å². The Labute approximate surface area is 224 Å². The molecule has 0 bridgehead atoms. The van der Waals surface area contributed by atoms with Crippen LogP contribution in [0, 0.1) is 11.3 Å². The quantitative estimate of drug-likeness (QED) is 0.262. The zero-order valence-electron chi connectivity index (χ0n) is 20.3. The van der Waals surface area contributed by atoms with Crippen LogP contribution < -0.4 is 10.3 Å². The number of allylic oxidation sites excluding steroid dienone is 1. The SMILES string of the molecule is CC.CC/C(=C\C1NN=C(C(CC)C(F)(F)F)O1)N(C(=N)c1ccc(Cl)cc1Cl)c1ccc(Cl)cc1. The second-order valence-corrected chi connectivity index (χ2v) is 8.70. The predicted molar refractivity (Wildman–Crippen MR) is 142 cm³/mol. The molecular formula is C25H28Cl3F3N4O. The largest absolute Gasteiger partial charge is 0.450 e. The number of anilines is 1. The van der Waals surface area contributed by atoms with E-state index in [1.165, 1.54) is 13.0 Å². The van der Waals surface area contributed by atoms with E-state index in [4.69, 9.17) is 44.9 Å². The first-order chi connectivity index (χ1) is 17.0. The predicted octanol–water partition coefficient (Wildman–Crippen LogP) is 8.65. The lowest BCUT2D eigenvalue weighted by atomic mass is 10.1. The number of rotatable bonds is 7. The van der Waals surface area contributed by atoms with Gasteiger partial charge in [-0.05, 0) is 61.4 Å². The van der Waals surface area contributed by atoms with Crippen LogP contribution in [0.15, 0.2) is 59.3 Å². The van der Waals surface area contributed by atoms with Crippen LogP contribution in [-0.4, -0.2) is 24.1 Å². The van der Waals surface area contributed by atoms with Gasteiger partial charge in [0.1, 0.15) is 11.8 Å². The van der Waals surface area contributed by atoms with Gasteiger partial charge in [-0.25, -0.2) is 0 Å². The summed E-state index contributed by atoms with van der Waals surface area (Å²) in [6.07, 6.45) is -3.59. The Kier molecular flexibility index (Phi) is 10.9. The molecule has 3 rings (SSSR count). The molecule has 196 valence electrons. The highest BCUT2D eigenvalue weighted by Gasteiger charge is 2.45. The van der Waals surface area contributed by atoms with E-state index in [9.17, 15) is 13.2 Å². The van der Waals surface area contributed by atoms with Crippen molar-refractivity contribution >= 4 is 52.2 Å². The van der Waals surface area contributed by atoms with E-state index in [0.29, 0.717) is 33.4 Å². The molecule has 2 N–H and O–H groups in total. The van der Waals surface area contributed by atoms with Crippen molar-refractivity contribution in [1.29, 1.82) is 5.41 Å². The molecule has 5 nitrogen and oxygen atoms in total. The normalized spacial score (nSPS) is 16.2. The van der Waals surface area contributed by atoms with Crippen molar-refractivity contribution in [1.82, 2.24) is 5.43 Å². The summed E-state index contributed by atoms with van der Waals surface area (Å²) in [5, 5.41) is 13.9. The number of benzene rings is 2. The molecule has 0 fully saturated rings. The van der Waals surface area contributed by atoms with Gasteiger partial charge in [-0.2, -0.15) is 13.2 Å². The third kappa shape index (κ3) is 7.31. The van der Waals surface area contributed by atoms with Gasteiger partial charge in [-0.3, -0.25) is 15.7 Å². The molecule has 1 aliphatic rings. The molecule has 2 unspecified atom stereocenters. The summed E-state index contributed by atoms with van der Waals surface area (Å²) in [6.45, 7) is 7.27. The molecule has 0 aliphatic carbocycles. The van der Waals surface area contributed by atoms with E-state index in [1.807, 2.05) is 20.8 Å². The van der Waals surface area contributed by atoms with Crippen LogP contribution in [0.25, 0.3) is 0 Å². The highest BCUT2D eigenvalue weighted by molar-refractivity contribution is 6.37. The van der Waals surface area contributed by atoms with Crippen LogP contribution in [0.3, 0.4) is 0 Å². The van der Waals surface area contributed by atoms with Crippen LogP contribution in [0.4, 0.5) is 18.9 Å². The van der Waals surface area contributed by atoms with Gasteiger partial charge >= 0.3 is 6.18 Å². The lowest BCUT2D eigenvalue weighted by Gasteiger charge is -2.29. The zero-order valence-corrected chi connectivity index (χ0v) is 22.5. The molecule has 11 heteroatoms. The van der Waals surface area contributed by atoms with Gasteiger partial charge in [0.2, 0.25) is 12.1 Å². The van der Waals surface area contributed by atoms with Gasteiger partial charge < -0.3 is 4.74 Å². The standard InChI is InChI=1S/C23H22Cl3F3N4O.C2H6/c1-3-15(12-20-31-32-22(34-20)18(4-2)23(27,28)29)33(16-8-5-13(24)6-9-16)21(30)17-10-7-14(25)11-19(17)26;1-2/h5-12,18,20,30-31H,3-4H2,1-2H3;1-2H3/b15-12+,30-21?;. The topological polar surface area (TPSA) is 60.7 Å². The fourth-order valence-corrected chi connectivity index (χ4v) is 4.07. The van der Waals surface area contributed by atoms with Crippen LogP contribution in [0.2, 0.25) is 15.1 Å². The number of halogens is 6. The molecule has 0 saturated carbocycles. The summed E-state index contributed by atoms with van der Waals surface area (Å²) in [6, 6.07) is 11.6. The van der Waals surface area contributed by atoms with Gasteiger partial charge in [-0.15, -0.1) is 5.10 Å². The highest BCUT2D eigenvalue weighted by atomic mass is 35.5. The summed E-state index contributed by atoms with van der Waals surface area (Å²) < 4.78 is 45.4. The van der Waals surface area contributed by atoms with Crippen molar-refractivity contribution in [2.45, 2.75) is 52.9 Å². The number of hydrazone groups is 1. The Morgan fingerprint density at radius 2 is 1.72 bits per heavy atom. The van der Waals surface area contributed by atoms with Crippen LogP contribution in [0.5, 0.6) is 0 Å². The molecule has 0 amide bonds. The fourth-order valence-electron chi connectivity index (χ4n) is 3.44. The van der Waals surface area contributed by atoms with E-state index in [1.54, 1.807) is 47.4 Å². The lowest BCUT2D eigenvalue weighted by molar-refractivity contribution is -0.159. The van der Waals surface area contributed by atoms with Gasteiger partial charge in [0, 0.05) is 27.0 Å². The average molecular weight is 564 g/mol. The van der Waals surface area contributed by atoms with E-state index in [0.717, 1.165) is 0 Å². The molecule has 36 heavy (non-hydrogen) atoms. The van der Waals surface area contributed by atoms with Crippen molar-refractivity contribution in [3.63, 3.8) is 0 Å². The third-order valence-electron chi connectivity index (χ3n) is 5.14. The molecule has 0 saturated heterocycles. The molecule has 2 aromatic rings. The van der Waals surface area contributed by atoms with Crippen molar-refractivity contribution in [3.05, 3.63) is 74.9 Å². The summed E-state index contributed by atoms with van der Waals surface area (Å²) in [5.74, 6) is -2.18. The van der Waals surface area contributed by atoms with Crippen LogP contribution in [0.1, 0.15) is 46.1 Å². The first kappa shape index (κ1) is 29.8. The maximum Gasteiger partial charge on any atom is 0.400 e. The maximum atomic E-state index is 13.3. The smallest absolute Gasteiger partial charge is 0.400 e. The molecule has 2 atom stereocenters. The lowest BCUT2D eigenvalue weighted by Crippen LogP contribution is -2.33. The summed E-state index contributed by atoms with van der Waals surface area (Å²) in [4.78, 5) is 1.62. The zero-order chi connectivity index (χ0) is 27.0. The summed E-state index contributed by atoms with van der Waals surface area (Å²) >= 11 is 18.4. The first-order valence-corrected chi connectivity index (χ1v) is 12.5. The number of alkyl halides is 3. The third-order valence-corrected chi connectivity index (χ3v) is 5.94. The summed E-state index contributed by atoms with van der Waals surface area (Å²) in [7, 11) is 0. The average Bonchev–Trinajstić information content (AvgIpc) is 3.28. The minimum atomic E-state index is -4.47. The van der Waals surface area contributed by atoms with E-state index >= 15 is 0 Å². The van der Waals surface area contributed by atoms with Crippen molar-refractivity contribution < 1.29 is 17.9 Å². The molecule has 1 aliphatic heterocycles. The highest BCUT2D eigenvalue weighted by Crippen LogP contribution is 2.33. The first-order valence-electron chi connectivity index (χ1n) is 11.4. The summed E-state index contributed by atoms with van der Waals surface area (Å²) in [5.41, 5.74) is 4.20. The molecule has 0 aromatic heterocycles. The second kappa shape index (κ2) is 13.2. The Bertz CT molecular complexity index is 1100. The Morgan fingerprint density at radius 3 is 2.25 bits per heavy atom. The van der Waals surface area contributed by atoms with Crippen molar-refractivity contribution in [2.75, 3.05) is 4.90 Å². The van der Waals surface area contributed by atoms with Crippen LogP contribution in [-0.2, 0) is 4.74 Å². The number of nitrogens with one attached hydrogen (secondary N) is 2. The fraction of sp³-hybridized carbons (Fsp3) is 0.360. The molecule has 2 aromatic carbocycles. The number of hydrogen-bond acceptors (Lipinski definition) is 4. The minimum Gasteiger partial charge on any atom is -0.450 e. The molecule has 0 spiro atoms. The van der Waals surface area contributed by atoms with Crippen LogP contribution >= 0.6 is 34.8 Å². The maximum absolute atomic E-state index is 13.3. The van der Waals surface area contributed by atoms with Gasteiger partial charge in [0.15, 0.2) is 0 Å². The van der Waals surface area contributed by atoms with E-state index < -0.39 is 24.2 Å². The monoisotopic (exact) mass is 562 g/mol. The van der Waals surface area contributed by atoms with E-state index in [2.05, 4.69) is 10.5 Å². The molecule has 0 radical (unpaired) electrons. The van der Waals surface area contributed by atoms with E-state index in [-0.39, 0.29) is 17.3 Å². The van der Waals surface area contributed by atoms with Gasteiger partial charge in [0.05, 0.1) is 5.02 Å². The number of hydrogen-bond donors (Lipinski definition) is 2. The second-order valence-electron chi connectivity index (χ2n) is 7.42. The minimum absolute atomic E-state index is 0.0398. The Morgan fingerprint density at radius 1 is 1.11 bits per heavy atom. The number of ether oxygens (including phenoxy) is 1. The Hall–Kier alpha value is -2.42. The van der Waals surface area contributed by atoms with Gasteiger partial charge in [-0.1, -0.05) is 62.5 Å². The Balaban J connectivity index is 0.00000222. The molecule has 1 heterocycles. The molecular weight excluding hydrogens is 536 g/mol. The van der Waals surface area contributed by atoms with Gasteiger partial charge in [0.25, 0.3) is 0 Å². The van der Waals surface area contributed by atoms with Crippen molar-refractivity contribution in [2.24, 2.45) is 11.0 Å².